The highest BCUT2D eigenvalue weighted by molar-refractivity contribution is 5.95. The van der Waals surface area contributed by atoms with Crippen molar-refractivity contribution in [1.82, 2.24) is 0 Å². The van der Waals surface area contributed by atoms with Gasteiger partial charge in [-0.05, 0) is 17.6 Å². The molecular formula is C16H17F3O4. The van der Waals surface area contributed by atoms with Crippen molar-refractivity contribution in [3.8, 4) is 5.75 Å². The van der Waals surface area contributed by atoms with Gasteiger partial charge in [-0.2, -0.15) is 13.2 Å². The minimum atomic E-state index is -5.06. The molecule has 1 N–H and O–H groups in total. The van der Waals surface area contributed by atoms with Crippen LogP contribution in [0, 0.1) is 5.41 Å². The van der Waals surface area contributed by atoms with E-state index in [1.54, 1.807) is 26.8 Å². The van der Waals surface area contributed by atoms with E-state index in [0.717, 1.165) is 6.08 Å². The van der Waals surface area contributed by atoms with E-state index < -0.39 is 28.9 Å². The highest BCUT2D eigenvalue weighted by Crippen LogP contribution is 2.46. The van der Waals surface area contributed by atoms with Crippen molar-refractivity contribution in [2.75, 3.05) is 6.61 Å². The van der Waals surface area contributed by atoms with E-state index in [-0.39, 0.29) is 17.9 Å². The van der Waals surface area contributed by atoms with Gasteiger partial charge in [0.1, 0.15) is 11.3 Å². The molecule has 0 bridgehead atoms. The van der Waals surface area contributed by atoms with Gasteiger partial charge >= 0.3 is 17.9 Å². The fourth-order valence-electron chi connectivity index (χ4n) is 2.07. The summed E-state index contributed by atoms with van der Waals surface area (Å²) in [4.78, 5) is 11.4. The van der Waals surface area contributed by atoms with Crippen LogP contribution in [0.1, 0.15) is 26.3 Å². The molecule has 1 unspecified atom stereocenters. The molecule has 2 rings (SSSR count). The number of rotatable bonds is 3. The van der Waals surface area contributed by atoms with Gasteiger partial charge in [-0.15, -0.1) is 0 Å². The Kier molecular flexibility index (Phi) is 4.19. The van der Waals surface area contributed by atoms with E-state index in [1.165, 1.54) is 18.2 Å². The van der Waals surface area contributed by atoms with E-state index in [1.807, 2.05) is 0 Å². The number of aliphatic carboxylic acids is 1. The molecule has 1 aromatic rings. The summed E-state index contributed by atoms with van der Waals surface area (Å²) in [5.41, 5.74) is -1.35. The first-order valence-corrected chi connectivity index (χ1v) is 6.90. The number of hydrogen-bond donors (Lipinski definition) is 1. The Bertz CT molecular complexity index is 643. The molecule has 0 aliphatic carbocycles. The molecule has 0 fully saturated rings. The summed E-state index contributed by atoms with van der Waals surface area (Å²) >= 11 is 0. The van der Waals surface area contributed by atoms with Crippen LogP contribution in [0.3, 0.4) is 0 Å². The Hall–Kier alpha value is -2.02. The third-order valence-electron chi connectivity index (χ3n) is 3.14. The third kappa shape index (κ3) is 3.34. The van der Waals surface area contributed by atoms with Crippen molar-refractivity contribution in [3.63, 3.8) is 0 Å². The van der Waals surface area contributed by atoms with E-state index in [0.29, 0.717) is 0 Å². The molecule has 0 spiro atoms. The lowest BCUT2D eigenvalue weighted by Gasteiger charge is -2.39. The first-order valence-electron chi connectivity index (χ1n) is 6.90. The fraction of sp³-hybridized carbons (Fsp3) is 0.438. The summed E-state index contributed by atoms with van der Waals surface area (Å²) in [7, 11) is 0. The number of carboxylic acid groups (broad SMARTS) is 1. The first-order chi connectivity index (χ1) is 10.5. The molecule has 7 heteroatoms. The summed E-state index contributed by atoms with van der Waals surface area (Å²) in [6, 6.07) is 5.89. The van der Waals surface area contributed by atoms with Gasteiger partial charge in [0.25, 0.3) is 0 Å². The SMILES string of the molecule is CC(C)(C)COC1(C(F)(F)F)Oc2ccccc2C=C1C(=O)O. The molecular weight excluding hydrogens is 313 g/mol. The predicted octanol–water partition coefficient (Wildman–Crippen LogP) is 3.87. The van der Waals surface area contributed by atoms with Crippen LogP contribution in [0.5, 0.6) is 5.75 Å². The Morgan fingerprint density at radius 1 is 1.26 bits per heavy atom. The second-order valence-electron chi connectivity index (χ2n) is 6.47. The smallest absolute Gasteiger partial charge is 0.460 e. The molecule has 4 nitrogen and oxygen atoms in total. The molecule has 0 saturated heterocycles. The number of ether oxygens (including phenoxy) is 2. The number of alkyl halides is 3. The number of hydrogen-bond acceptors (Lipinski definition) is 3. The number of fused-ring (bicyclic) bond motifs is 1. The molecule has 1 heterocycles. The van der Waals surface area contributed by atoms with Crippen molar-refractivity contribution in [2.24, 2.45) is 5.41 Å². The second-order valence-corrected chi connectivity index (χ2v) is 6.47. The van der Waals surface area contributed by atoms with Crippen molar-refractivity contribution in [3.05, 3.63) is 35.4 Å². The van der Waals surface area contributed by atoms with Gasteiger partial charge in [-0.25, -0.2) is 4.79 Å². The molecule has 23 heavy (non-hydrogen) atoms. The second kappa shape index (κ2) is 5.56. The topological polar surface area (TPSA) is 55.8 Å². The number of benzene rings is 1. The maximum Gasteiger partial charge on any atom is 0.460 e. The predicted molar refractivity (Wildman–Crippen MR) is 76.9 cm³/mol. The van der Waals surface area contributed by atoms with E-state index in [4.69, 9.17) is 9.47 Å². The molecule has 0 amide bonds. The molecule has 1 aliphatic rings. The number of carbonyl (C=O) groups is 1. The molecule has 1 atom stereocenters. The van der Waals surface area contributed by atoms with Crippen LogP contribution in [0.4, 0.5) is 13.2 Å². The largest absolute Gasteiger partial charge is 0.478 e. The minimum absolute atomic E-state index is 0.0799. The van der Waals surface area contributed by atoms with Gasteiger partial charge in [0.05, 0.1) is 6.61 Å². The zero-order valence-corrected chi connectivity index (χ0v) is 12.9. The quantitative estimate of drug-likeness (QED) is 0.914. The zero-order chi connectivity index (χ0) is 17.5. The highest BCUT2D eigenvalue weighted by Gasteiger charge is 2.65. The minimum Gasteiger partial charge on any atom is -0.478 e. The summed E-state index contributed by atoms with van der Waals surface area (Å²) < 4.78 is 51.3. The number of halogens is 3. The van der Waals surface area contributed by atoms with Crippen LogP contribution in [0.25, 0.3) is 6.08 Å². The summed E-state index contributed by atoms with van der Waals surface area (Å²) in [5.74, 6) is -5.16. The Morgan fingerprint density at radius 3 is 2.39 bits per heavy atom. The Morgan fingerprint density at radius 2 is 1.87 bits per heavy atom. The van der Waals surface area contributed by atoms with Crippen LogP contribution in [-0.2, 0) is 9.53 Å². The maximum absolute atomic E-state index is 13.7. The lowest BCUT2D eigenvalue weighted by atomic mass is 9.95. The van der Waals surface area contributed by atoms with Crippen molar-refractivity contribution in [2.45, 2.75) is 32.7 Å². The highest BCUT2D eigenvalue weighted by atomic mass is 19.4. The van der Waals surface area contributed by atoms with E-state index in [9.17, 15) is 23.1 Å². The fourth-order valence-corrected chi connectivity index (χ4v) is 2.07. The van der Waals surface area contributed by atoms with Crippen LogP contribution < -0.4 is 4.74 Å². The molecule has 126 valence electrons. The van der Waals surface area contributed by atoms with E-state index >= 15 is 0 Å². The summed E-state index contributed by atoms with van der Waals surface area (Å²) in [6.45, 7) is 4.70. The molecule has 0 saturated carbocycles. The van der Waals surface area contributed by atoms with Crippen LogP contribution >= 0.6 is 0 Å². The third-order valence-corrected chi connectivity index (χ3v) is 3.14. The van der Waals surface area contributed by atoms with Gasteiger partial charge in [0, 0.05) is 5.56 Å². The van der Waals surface area contributed by atoms with E-state index in [2.05, 4.69) is 0 Å². The monoisotopic (exact) mass is 330 g/mol. The van der Waals surface area contributed by atoms with Crippen LogP contribution in [-0.4, -0.2) is 29.6 Å². The van der Waals surface area contributed by atoms with Gasteiger partial charge in [0.2, 0.25) is 0 Å². The van der Waals surface area contributed by atoms with Gasteiger partial charge in [-0.3, -0.25) is 0 Å². The molecule has 1 aliphatic heterocycles. The molecule has 0 aromatic heterocycles. The van der Waals surface area contributed by atoms with Crippen molar-refractivity contribution >= 4 is 12.0 Å². The number of para-hydroxylation sites is 1. The standard InChI is InChI=1S/C16H17F3O4/c1-14(2,3)9-22-15(16(17,18)19)11(13(20)21)8-10-6-4-5-7-12(10)23-15/h4-8H,9H2,1-3H3,(H,20,21). The average molecular weight is 330 g/mol. The number of carboxylic acids is 1. The van der Waals surface area contributed by atoms with Crippen LogP contribution in [0.15, 0.2) is 29.8 Å². The van der Waals surface area contributed by atoms with Gasteiger partial charge in [0.15, 0.2) is 0 Å². The normalized spacial score (nSPS) is 21.2. The first kappa shape index (κ1) is 17.3. The molecule has 1 aromatic carbocycles. The Balaban J connectivity index is 2.58. The maximum atomic E-state index is 13.7. The lowest BCUT2D eigenvalue weighted by Crippen LogP contribution is -2.57. The van der Waals surface area contributed by atoms with Crippen molar-refractivity contribution < 1.29 is 32.5 Å². The average Bonchev–Trinajstić information content (AvgIpc) is 2.41. The Labute approximate surface area is 131 Å². The van der Waals surface area contributed by atoms with Crippen LogP contribution in [0.2, 0.25) is 0 Å². The van der Waals surface area contributed by atoms with Crippen molar-refractivity contribution in [1.29, 1.82) is 0 Å². The lowest BCUT2D eigenvalue weighted by molar-refractivity contribution is -0.338. The summed E-state index contributed by atoms with van der Waals surface area (Å²) in [5, 5.41) is 9.26. The van der Waals surface area contributed by atoms with Gasteiger partial charge in [-0.1, -0.05) is 39.0 Å². The summed E-state index contributed by atoms with van der Waals surface area (Å²) in [6.07, 6.45) is -4.12. The molecule has 0 radical (unpaired) electrons. The van der Waals surface area contributed by atoms with Gasteiger partial charge < -0.3 is 14.6 Å². The zero-order valence-electron chi connectivity index (χ0n) is 12.9.